The fraction of sp³-hybridized carbons (Fsp3) is 0.269. The number of benzene rings is 2. The number of carbonyl (C=O) groups excluding carboxylic acids is 2. The van der Waals surface area contributed by atoms with Gasteiger partial charge >= 0.3 is 0 Å². The number of fused-ring (bicyclic) bond motifs is 1. The minimum Gasteiger partial charge on any atom is -0.459 e. The first kappa shape index (κ1) is 22.3. The highest BCUT2D eigenvalue weighted by molar-refractivity contribution is 7.99. The molecule has 0 bridgehead atoms. The van der Waals surface area contributed by atoms with E-state index in [-0.39, 0.29) is 11.8 Å². The Morgan fingerprint density at radius 2 is 1.62 bits per heavy atom. The highest BCUT2D eigenvalue weighted by Crippen LogP contribution is 2.25. The highest BCUT2D eigenvalue weighted by Gasteiger charge is 2.26. The number of para-hydroxylation sites is 2. The van der Waals surface area contributed by atoms with Gasteiger partial charge in [0.05, 0.1) is 23.0 Å². The number of imidazole rings is 1. The van der Waals surface area contributed by atoms with E-state index in [4.69, 9.17) is 9.40 Å². The van der Waals surface area contributed by atoms with Crippen molar-refractivity contribution in [3.05, 3.63) is 84.3 Å². The van der Waals surface area contributed by atoms with E-state index in [9.17, 15) is 9.59 Å². The Labute approximate surface area is 202 Å². The van der Waals surface area contributed by atoms with Gasteiger partial charge in [-0.3, -0.25) is 9.59 Å². The van der Waals surface area contributed by atoms with Crippen molar-refractivity contribution in [1.82, 2.24) is 19.4 Å². The predicted octanol–water partition coefficient (Wildman–Crippen LogP) is 3.95. The van der Waals surface area contributed by atoms with Crippen molar-refractivity contribution in [3.63, 3.8) is 0 Å². The molecule has 2 aromatic heterocycles. The van der Waals surface area contributed by atoms with Crippen LogP contribution in [0, 0.1) is 0 Å². The Bertz CT molecular complexity index is 1260. The van der Waals surface area contributed by atoms with Gasteiger partial charge in [0, 0.05) is 32.7 Å². The molecular formula is C26H26N4O3S. The standard InChI is InChI=1S/C26H26N4O3S/c31-24(28-14-16-29(17-15-28)25(32)23-11-6-18-33-23)19-34-26-27-21-9-4-5-10-22(21)30(26)13-12-20-7-2-1-3-8-20/h1-11,18H,12-17,19H2. The summed E-state index contributed by atoms with van der Waals surface area (Å²) < 4.78 is 7.42. The van der Waals surface area contributed by atoms with Crippen molar-refractivity contribution in [2.24, 2.45) is 0 Å². The fourth-order valence-corrected chi connectivity index (χ4v) is 5.14. The summed E-state index contributed by atoms with van der Waals surface area (Å²) in [5, 5.41) is 0.858. The fourth-order valence-electron chi connectivity index (χ4n) is 4.20. The Morgan fingerprint density at radius 1 is 0.882 bits per heavy atom. The summed E-state index contributed by atoms with van der Waals surface area (Å²) in [7, 11) is 0. The summed E-state index contributed by atoms with van der Waals surface area (Å²) in [6, 6.07) is 21.9. The van der Waals surface area contributed by atoms with Gasteiger partial charge in [0.25, 0.3) is 5.91 Å². The van der Waals surface area contributed by atoms with E-state index in [2.05, 4.69) is 34.9 Å². The molecule has 4 aromatic rings. The molecule has 0 saturated carbocycles. The molecule has 0 N–H and O–H groups in total. The molecule has 1 aliphatic heterocycles. The topological polar surface area (TPSA) is 71.6 Å². The van der Waals surface area contributed by atoms with Gasteiger partial charge in [-0.1, -0.05) is 54.2 Å². The van der Waals surface area contributed by atoms with Crippen LogP contribution < -0.4 is 0 Å². The molecule has 3 heterocycles. The third kappa shape index (κ3) is 4.87. The number of aryl methyl sites for hydroxylation is 2. The number of piperazine rings is 1. The molecule has 0 radical (unpaired) electrons. The van der Waals surface area contributed by atoms with Gasteiger partial charge in [0.1, 0.15) is 0 Å². The summed E-state index contributed by atoms with van der Waals surface area (Å²) >= 11 is 1.48. The number of nitrogens with zero attached hydrogens (tertiary/aromatic N) is 4. The van der Waals surface area contributed by atoms with Crippen molar-refractivity contribution < 1.29 is 14.0 Å². The van der Waals surface area contributed by atoms with Gasteiger partial charge in [-0.2, -0.15) is 0 Å². The second kappa shape index (κ2) is 10.2. The predicted molar refractivity (Wildman–Crippen MR) is 132 cm³/mol. The lowest BCUT2D eigenvalue weighted by Crippen LogP contribution is -2.51. The summed E-state index contributed by atoms with van der Waals surface area (Å²) in [6.07, 6.45) is 2.39. The number of furan rings is 1. The number of thioether (sulfide) groups is 1. The molecule has 0 aliphatic carbocycles. The van der Waals surface area contributed by atoms with Gasteiger partial charge in [0.2, 0.25) is 5.91 Å². The Kier molecular flexibility index (Phi) is 6.67. The first-order valence-corrected chi connectivity index (χ1v) is 12.4. The number of rotatable bonds is 7. The molecule has 1 fully saturated rings. The minimum atomic E-state index is -0.126. The third-order valence-corrected chi connectivity index (χ3v) is 7.02. The van der Waals surface area contributed by atoms with Crippen molar-refractivity contribution >= 4 is 34.6 Å². The van der Waals surface area contributed by atoms with E-state index >= 15 is 0 Å². The van der Waals surface area contributed by atoms with Crippen LogP contribution in [0.15, 0.2) is 82.6 Å². The molecule has 1 aliphatic rings. The van der Waals surface area contributed by atoms with Crippen molar-refractivity contribution in [3.8, 4) is 0 Å². The molecule has 7 nitrogen and oxygen atoms in total. The smallest absolute Gasteiger partial charge is 0.289 e. The van der Waals surface area contributed by atoms with Gasteiger partial charge in [-0.05, 0) is 36.2 Å². The maximum Gasteiger partial charge on any atom is 0.289 e. The minimum absolute atomic E-state index is 0.0664. The van der Waals surface area contributed by atoms with Gasteiger partial charge in [-0.25, -0.2) is 4.98 Å². The van der Waals surface area contributed by atoms with E-state index in [0.29, 0.717) is 37.7 Å². The molecule has 2 amide bonds. The number of carbonyl (C=O) groups is 2. The van der Waals surface area contributed by atoms with Gasteiger partial charge in [-0.15, -0.1) is 0 Å². The Balaban J connectivity index is 1.21. The molecule has 0 atom stereocenters. The van der Waals surface area contributed by atoms with Crippen LogP contribution in [-0.2, 0) is 17.8 Å². The second-order valence-corrected chi connectivity index (χ2v) is 9.15. The normalized spacial score (nSPS) is 14.0. The maximum atomic E-state index is 12.9. The lowest BCUT2D eigenvalue weighted by atomic mass is 10.1. The largest absolute Gasteiger partial charge is 0.459 e. The van der Waals surface area contributed by atoms with Crippen molar-refractivity contribution in [2.75, 3.05) is 31.9 Å². The molecule has 174 valence electrons. The number of aromatic nitrogens is 2. The summed E-state index contributed by atoms with van der Waals surface area (Å²) in [6.45, 7) is 2.86. The van der Waals surface area contributed by atoms with E-state index in [1.54, 1.807) is 17.0 Å². The SMILES string of the molecule is O=C(CSc1nc2ccccc2n1CCc1ccccc1)N1CCN(C(=O)c2ccco2)CC1. The molecule has 2 aromatic carbocycles. The van der Waals surface area contributed by atoms with Gasteiger partial charge < -0.3 is 18.8 Å². The molecule has 34 heavy (non-hydrogen) atoms. The van der Waals surface area contributed by atoms with Crippen LogP contribution in [-0.4, -0.2) is 63.1 Å². The molecular weight excluding hydrogens is 448 g/mol. The van der Waals surface area contributed by atoms with Crippen LogP contribution in [0.4, 0.5) is 0 Å². The van der Waals surface area contributed by atoms with E-state index in [0.717, 1.165) is 29.2 Å². The van der Waals surface area contributed by atoms with Crippen LogP contribution in [0.1, 0.15) is 16.1 Å². The van der Waals surface area contributed by atoms with E-state index in [1.807, 2.05) is 29.2 Å². The van der Waals surface area contributed by atoms with Crippen LogP contribution in [0.2, 0.25) is 0 Å². The summed E-state index contributed by atoms with van der Waals surface area (Å²) in [5.41, 5.74) is 3.29. The molecule has 1 saturated heterocycles. The van der Waals surface area contributed by atoms with Crippen molar-refractivity contribution in [1.29, 1.82) is 0 Å². The third-order valence-electron chi connectivity index (χ3n) is 6.06. The molecule has 8 heteroatoms. The molecule has 0 unspecified atom stereocenters. The number of hydrogen-bond acceptors (Lipinski definition) is 5. The molecule has 0 spiro atoms. The quantitative estimate of drug-likeness (QED) is 0.379. The summed E-state index contributed by atoms with van der Waals surface area (Å²) in [5.74, 6) is 0.598. The lowest BCUT2D eigenvalue weighted by Gasteiger charge is -2.34. The Morgan fingerprint density at radius 3 is 2.38 bits per heavy atom. The zero-order valence-electron chi connectivity index (χ0n) is 18.8. The van der Waals surface area contributed by atoms with Crippen molar-refractivity contribution in [2.45, 2.75) is 18.1 Å². The van der Waals surface area contributed by atoms with Crippen LogP contribution in [0.5, 0.6) is 0 Å². The van der Waals surface area contributed by atoms with Crippen LogP contribution in [0.3, 0.4) is 0 Å². The zero-order valence-corrected chi connectivity index (χ0v) is 19.6. The highest BCUT2D eigenvalue weighted by atomic mass is 32.2. The monoisotopic (exact) mass is 474 g/mol. The lowest BCUT2D eigenvalue weighted by molar-refractivity contribution is -0.129. The van der Waals surface area contributed by atoms with E-state index in [1.165, 1.54) is 23.6 Å². The summed E-state index contributed by atoms with van der Waals surface area (Å²) in [4.78, 5) is 33.7. The average Bonchev–Trinajstić information content (AvgIpc) is 3.54. The van der Waals surface area contributed by atoms with Gasteiger partial charge in [0.15, 0.2) is 10.9 Å². The second-order valence-electron chi connectivity index (χ2n) is 8.21. The van der Waals surface area contributed by atoms with Crippen LogP contribution in [0.25, 0.3) is 11.0 Å². The van der Waals surface area contributed by atoms with Crippen LogP contribution >= 0.6 is 11.8 Å². The zero-order chi connectivity index (χ0) is 23.3. The maximum absolute atomic E-state index is 12.9. The number of amides is 2. The molecule has 5 rings (SSSR count). The first-order valence-electron chi connectivity index (χ1n) is 11.4. The average molecular weight is 475 g/mol. The Hall–Kier alpha value is -3.52. The first-order chi connectivity index (χ1) is 16.7. The van der Waals surface area contributed by atoms with E-state index < -0.39 is 0 Å². The number of hydrogen-bond donors (Lipinski definition) is 0.